The summed E-state index contributed by atoms with van der Waals surface area (Å²) in [6, 6.07) is 0. The lowest BCUT2D eigenvalue weighted by atomic mass is 9.83. The molecule has 0 amide bonds. The number of rotatable bonds is 3. The molecule has 1 aromatic rings. The number of nitrogens with two attached hydrogens (primary N) is 1. The van der Waals surface area contributed by atoms with Gasteiger partial charge in [-0.15, -0.1) is 0 Å². The zero-order chi connectivity index (χ0) is 12.3. The molecule has 94 valence electrons. The average Bonchev–Trinajstić information content (AvgIpc) is 2.30. The van der Waals surface area contributed by atoms with Crippen molar-refractivity contribution in [2.45, 2.75) is 32.6 Å². The maximum atomic E-state index is 5.72. The van der Waals surface area contributed by atoms with Gasteiger partial charge in [0.1, 0.15) is 5.69 Å². The summed E-state index contributed by atoms with van der Waals surface area (Å²) in [5.41, 5.74) is 6.17. The number of aromatic nitrogens is 2. The molecule has 1 saturated carbocycles. The molecule has 4 nitrogen and oxygen atoms in total. The van der Waals surface area contributed by atoms with E-state index in [-0.39, 0.29) is 5.28 Å². The normalized spacial score (nSPS) is 24.6. The molecule has 0 spiro atoms. The van der Waals surface area contributed by atoms with Gasteiger partial charge in [-0.05, 0) is 36.3 Å². The minimum atomic E-state index is 0.172. The van der Waals surface area contributed by atoms with Gasteiger partial charge in [-0.1, -0.05) is 19.8 Å². The van der Waals surface area contributed by atoms with Crippen LogP contribution in [0.5, 0.6) is 5.88 Å². The molecule has 0 radical (unpaired) electrons. The predicted molar refractivity (Wildman–Crippen MR) is 68.1 cm³/mol. The maximum Gasteiger partial charge on any atom is 0.241 e. The topological polar surface area (TPSA) is 61.0 Å². The molecule has 0 aliphatic heterocycles. The van der Waals surface area contributed by atoms with Crippen LogP contribution in [-0.4, -0.2) is 16.6 Å². The van der Waals surface area contributed by atoms with Gasteiger partial charge in [-0.2, -0.15) is 4.98 Å². The van der Waals surface area contributed by atoms with Gasteiger partial charge >= 0.3 is 0 Å². The Balaban J connectivity index is 1.90. The largest absolute Gasteiger partial charge is 0.476 e. The summed E-state index contributed by atoms with van der Waals surface area (Å²) in [6.07, 6.45) is 6.54. The molecule has 0 saturated heterocycles. The van der Waals surface area contributed by atoms with E-state index in [0.29, 0.717) is 24.1 Å². The fourth-order valence-corrected chi connectivity index (χ4v) is 2.50. The molecule has 1 aromatic heterocycles. The molecular weight excluding hydrogens is 238 g/mol. The molecule has 1 heterocycles. The van der Waals surface area contributed by atoms with Crippen LogP contribution in [0.1, 0.15) is 32.6 Å². The summed E-state index contributed by atoms with van der Waals surface area (Å²) in [5.74, 6) is 1.80. The lowest BCUT2D eigenvalue weighted by Gasteiger charge is -2.26. The van der Waals surface area contributed by atoms with Gasteiger partial charge in [-0.3, -0.25) is 0 Å². The highest BCUT2D eigenvalue weighted by molar-refractivity contribution is 6.28. The summed E-state index contributed by atoms with van der Waals surface area (Å²) >= 11 is 5.70. The zero-order valence-electron chi connectivity index (χ0n) is 10.0. The van der Waals surface area contributed by atoms with Crippen LogP contribution in [-0.2, 0) is 0 Å². The highest BCUT2D eigenvalue weighted by Gasteiger charge is 2.20. The smallest absolute Gasteiger partial charge is 0.241 e. The van der Waals surface area contributed by atoms with Crippen LogP contribution < -0.4 is 10.5 Å². The molecule has 1 fully saturated rings. The minimum absolute atomic E-state index is 0.172. The van der Waals surface area contributed by atoms with Gasteiger partial charge in [0.15, 0.2) is 0 Å². The van der Waals surface area contributed by atoms with E-state index < -0.39 is 0 Å². The summed E-state index contributed by atoms with van der Waals surface area (Å²) in [4.78, 5) is 7.78. The third-order valence-electron chi connectivity index (χ3n) is 3.25. The fourth-order valence-electron chi connectivity index (χ4n) is 2.38. The first kappa shape index (κ1) is 12.4. The Morgan fingerprint density at radius 1 is 1.53 bits per heavy atom. The lowest BCUT2D eigenvalue weighted by molar-refractivity contribution is 0.178. The van der Waals surface area contributed by atoms with Crippen LogP contribution in [0.2, 0.25) is 5.28 Å². The summed E-state index contributed by atoms with van der Waals surface area (Å²) in [5, 5.41) is 0.172. The first-order valence-electron chi connectivity index (χ1n) is 6.06. The number of halogens is 1. The van der Waals surface area contributed by atoms with Crippen LogP contribution in [0.25, 0.3) is 0 Å². The van der Waals surface area contributed by atoms with Crippen molar-refractivity contribution in [3.8, 4) is 5.88 Å². The second kappa shape index (κ2) is 5.54. The van der Waals surface area contributed by atoms with Gasteiger partial charge in [0.2, 0.25) is 11.2 Å². The predicted octanol–water partition coefficient (Wildman–Crippen LogP) is 2.92. The molecule has 1 aliphatic rings. The Kier molecular flexibility index (Phi) is 4.05. The van der Waals surface area contributed by atoms with Crippen LogP contribution in [0.4, 0.5) is 5.69 Å². The molecule has 5 heteroatoms. The van der Waals surface area contributed by atoms with Crippen LogP contribution in [0, 0.1) is 11.8 Å². The first-order valence-corrected chi connectivity index (χ1v) is 6.43. The van der Waals surface area contributed by atoms with E-state index in [9.17, 15) is 0 Å². The molecule has 0 aromatic carbocycles. The Morgan fingerprint density at radius 2 is 2.35 bits per heavy atom. The summed E-state index contributed by atoms with van der Waals surface area (Å²) in [6.45, 7) is 2.96. The highest BCUT2D eigenvalue weighted by Crippen LogP contribution is 2.29. The van der Waals surface area contributed by atoms with E-state index in [4.69, 9.17) is 22.1 Å². The Morgan fingerprint density at radius 3 is 3.12 bits per heavy atom. The molecule has 1 aliphatic carbocycles. The number of hydrogen-bond acceptors (Lipinski definition) is 4. The molecule has 17 heavy (non-hydrogen) atoms. The Bertz CT molecular complexity index is 386. The van der Waals surface area contributed by atoms with Crippen molar-refractivity contribution < 1.29 is 4.74 Å². The molecular formula is C12H18ClN3O. The number of nitrogens with zero attached hydrogens (tertiary/aromatic N) is 2. The second-order valence-corrected chi connectivity index (χ2v) is 5.19. The molecule has 0 bridgehead atoms. The van der Waals surface area contributed by atoms with Crippen LogP contribution >= 0.6 is 11.6 Å². The van der Waals surface area contributed by atoms with E-state index in [1.165, 1.54) is 31.9 Å². The minimum Gasteiger partial charge on any atom is -0.476 e. The van der Waals surface area contributed by atoms with Crippen molar-refractivity contribution in [3.63, 3.8) is 0 Å². The quantitative estimate of drug-likeness (QED) is 0.844. The third kappa shape index (κ3) is 3.46. The van der Waals surface area contributed by atoms with Gasteiger partial charge in [0.25, 0.3) is 0 Å². The maximum absolute atomic E-state index is 5.72. The van der Waals surface area contributed by atoms with E-state index in [2.05, 4.69) is 16.9 Å². The van der Waals surface area contributed by atoms with Crippen molar-refractivity contribution in [3.05, 3.63) is 11.5 Å². The van der Waals surface area contributed by atoms with E-state index >= 15 is 0 Å². The van der Waals surface area contributed by atoms with E-state index in [0.717, 1.165) is 5.92 Å². The SMILES string of the molecule is CC1CCCC(COc2nc(Cl)ncc2N)C1. The zero-order valence-corrected chi connectivity index (χ0v) is 10.8. The summed E-state index contributed by atoms with van der Waals surface area (Å²) in [7, 11) is 0. The van der Waals surface area contributed by atoms with Gasteiger partial charge in [0.05, 0.1) is 12.8 Å². The number of ether oxygens (including phenoxy) is 1. The van der Waals surface area contributed by atoms with Crippen molar-refractivity contribution in [2.75, 3.05) is 12.3 Å². The van der Waals surface area contributed by atoms with Crippen molar-refractivity contribution in [1.82, 2.24) is 9.97 Å². The third-order valence-corrected chi connectivity index (χ3v) is 3.43. The van der Waals surface area contributed by atoms with E-state index in [1.54, 1.807) is 0 Å². The van der Waals surface area contributed by atoms with Gasteiger partial charge in [0, 0.05) is 0 Å². The highest BCUT2D eigenvalue weighted by atomic mass is 35.5. The summed E-state index contributed by atoms with van der Waals surface area (Å²) < 4.78 is 5.64. The van der Waals surface area contributed by atoms with Crippen molar-refractivity contribution in [1.29, 1.82) is 0 Å². The Labute approximate surface area is 107 Å². The van der Waals surface area contributed by atoms with Gasteiger partial charge in [-0.25, -0.2) is 4.98 Å². The molecule has 2 rings (SSSR count). The van der Waals surface area contributed by atoms with Crippen molar-refractivity contribution in [2.24, 2.45) is 11.8 Å². The van der Waals surface area contributed by atoms with Crippen molar-refractivity contribution >= 4 is 17.3 Å². The van der Waals surface area contributed by atoms with E-state index in [1.807, 2.05) is 0 Å². The Hall–Kier alpha value is -1.03. The second-order valence-electron chi connectivity index (χ2n) is 4.85. The first-order chi connectivity index (χ1) is 8.15. The number of nitrogen functional groups attached to an aromatic ring is 1. The van der Waals surface area contributed by atoms with Crippen LogP contribution in [0.15, 0.2) is 6.20 Å². The average molecular weight is 256 g/mol. The fraction of sp³-hybridized carbons (Fsp3) is 0.667. The lowest BCUT2D eigenvalue weighted by Crippen LogP contribution is -2.20. The monoisotopic (exact) mass is 255 g/mol. The van der Waals surface area contributed by atoms with Crippen LogP contribution in [0.3, 0.4) is 0 Å². The molecule has 2 atom stereocenters. The number of anilines is 1. The molecule has 2 unspecified atom stereocenters. The molecule has 2 N–H and O–H groups in total. The van der Waals surface area contributed by atoms with Gasteiger partial charge < -0.3 is 10.5 Å². The number of hydrogen-bond donors (Lipinski definition) is 1. The standard InChI is InChI=1S/C12H18ClN3O/c1-8-3-2-4-9(5-8)7-17-11-10(14)6-15-12(13)16-11/h6,8-9H,2-5,7,14H2,1H3.